The summed E-state index contributed by atoms with van der Waals surface area (Å²) in [7, 11) is 0. The van der Waals surface area contributed by atoms with Gasteiger partial charge in [0.1, 0.15) is 12.2 Å². The van der Waals surface area contributed by atoms with Crippen molar-refractivity contribution >= 4 is 28.9 Å². The number of anilines is 2. The van der Waals surface area contributed by atoms with Crippen LogP contribution in [0.4, 0.5) is 17.1 Å². The summed E-state index contributed by atoms with van der Waals surface area (Å²) in [4.78, 5) is 34.0. The lowest BCUT2D eigenvalue weighted by atomic mass is 10.1. The molecule has 2 N–H and O–H groups in total. The highest BCUT2D eigenvalue weighted by Gasteiger charge is 2.27. The van der Waals surface area contributed by atoms with Crippen LogP contribution in [-0.4, -0.2) is 35.0 Å². The second-order valence-electron chi connectivity index (χ2n) is 4.43. The van der Waals surface area contributed by atoms with E-state index in [9.17, 15) is 19.7 Å². The van der Waals surface area contributed by atoms with E-state index in [0.717, 1.165) is 0 Å². The van der Waals surface area contributed by atoms with E-state index >= 15 is 0 Å². The quantitative estimate of drug-likeness (QED) is 0.466. The summed E-state index contributed by atoms with van der Waals surface area (Å²) in [5.41, 5.74) is 0.738. The maximum Gasteiger partial charge on any atom is 0.323 e. The van der Waals surface area contributed by atoms with Gasteiger partial charge in [-0.05, 0) is 11.6 Å². The summed E-state index contributed by atoms with van der Waals surface area (Å²) in [6.45, 7) is -0.572. The van der Waals surface area contributed by atoms with Crippen molar-refractivity contribution in [3.63, 3.8) is 0 Å². The molecule has 1 amide bonds. The highest BCUT2D eigenvalue weighted by molar-refractivity contribution is 6.00. The Balaban J connectivity index is 2.52. The summed E-state index contributed by atoms with van der Waals surface area (Å²) in [6, 6.07) is 2.66. The Hall–Kier alpha value is -3.08. The first-order valence-corrected chi connectivity index (χ1v) is 5.93. The van der Waals surface area contributed by atoms with E-state index in [-0.39, 0.29) is 30.2 Å². The van der Waals surface area contributed by atoms with Crippen LogP contribution >= 0.6 is 0 Å². The van der Waals surface area contributed by atoms with Crippen LogP contribution in [0, 0.1) is 22.5 Å². The molecule has 0 bridgehead atoms. The Labute approximate surface area is 119 Å². The zero-order chi connectivity index (χ0) is 15.6. The van der Waals surface area contributed by atoms with E-state index in [1.54, 1.807) is 0 Å². The molecule has 1 aliphatic rings. The van der Waals surface area contributed by atoms with Gasteiger partial charge in [-0.15, -0.1) is 6.42 Å². The monoisotopic (exact) mass is 289 g/mol. The molecular formula is C13H11N3O5. The van der Waals surface area contributed by atoms with Crippen molar-refractivity contribution in [2.75, 3.05) is 23.3 Å². The Kier molecular flexibility index (Phi) is 3.75. The maximum absolute atomic E-state index is 11.3. The number of nitrogens with one attached hydrogen (secondary N) is 1. The third-order valence-corrected chi connectivity index (χ3v) is 2.97. The molecule has 0 aliphatic carbocycles. The van der Waals surface area contributed by atoms with E-state index in [1.807, 2.05) is 0 Å². The lowest BCUT2D eigenvalue weighted by Gasteiger charge is -2.20. The number of nitrogens with zero attached hydrogens (tertiary/aromatic N) is 2. The number of hydrogen-bond acceptors (Lipinski definition) is 5. The van der Waals surface area contributed by atoms with Gasteiger partial charge < -0.3 is 15.3 Å². The number of amides is 1. The Morgan fingerprint density at radius 1 is 1.57 bits per heavy atom. The zero-order valence-corrected chi connectivity index (χ0v) is 10.8. The molecule has 0 radical (unpaired) electrons. The lowest BCUT2D eigenvalue weighted by Crippen LogP contribution is -2.30. The summed E-state index contributed by atoms with van der Waals surface area (Å²) in [5, 5.41) is 22.6. The molecule has 0 fully saturated rings. The van der Waals surface area contributed by atoms with Crippen molar-refractivity contribution in [2.24, 2.45) is 0 Å². The van der Waals surface area contributed by atoms with Crippen LogP contribution in [0.5, 0.6) is 0 Å². The van der Waals surface area contributed by atoms with Gasteiger partial charge in [0, 0.05) is 11.8 Å². The zero-order valence-electron chi connectivity index (χ0n) is 10.8. The molecule has 0 saturated heterocycles. The molecule has 8 nitrogen and oxygen atoms in total. The van der Waals surface area contributed by atoms with E-state index in [4.69, 9.17) is 11.5 Å². The molecule has 21 heavy (non-hydrogen) atoms. The summed E-state index contributed by atoms with van der Waals surface area (Å²) >= 11 is 0. The van der Waals surface area contributed by atoms with Crippen LogP contribution in [0.1, 0.15) is 5.56 Å². The normalized spacial score (nSPS) is 12.2. The highest BCUT2D eigenvalue weighted by Crippen LogP contribution is 2.36. The highest BCUT2D eigenvalue weighted by atomic mass is 16.6. The van der Waals surface area contributed by atoms with Gasteiger partial charge in [-0.1, -0.05) is 5.92 Å². The molecule has 0 aromatic heterocycles. The molecule has 0 saturated carbocycles. The summed E-state index contributed by atoms with van der Waals surface area (Å²) in [6.07, 6.45) is 5.24. The maximum atomic E-state index is 11.3. The standard InChI is InChI=1S/C13H11N3O5/c1-2-3-15(7-13(18)19)10-6-9-8(5-12(17)14-9)4-11(10)16(20)21/h1,4,6H,3,5,7H2,(H,14,17)(H,18,19). The summed E-state index contributed by atoms with van der Waals surface area (Å²) < 4.78 is 0. The Morgan fingerprint density at radius 2 is 2.29 bits per heavy atom. The number of terminal acetylenes is 1. The minimum Gasteiger partial charge on any atom is -0.480 e. The van der Waals surface area contributed by atoms with E-state index in [2.05, 4.69) is 11.2 Å². The Bertz CT molecular complexity index is 677. The predicted molar refractivity (Wildman–Crippen MR) is 74.1 cm³/mol. The van der Waals surface area contributed by atoms with Gasteiger partial charge in [0.15, 0.2) is 0 Å². The van der Waals surface area contributed by atoms with Gasteiger partial charge in [-0.25, -0.2) is 0 Å². The van der Waals surface area contributed by atoms with Gasteiger partial charge in [-0.3, -0.25) is 19.7 Å². The largest absolute Gasteiger partial charge is 0.480 e. The molecule has 1 heterocycles. The van der Waals surface area contributed by atoms with E-state index in [1.165, 1.54) is 17.0 Å². The number of carbonyl (C=O) groups excluding carboxylic acids is 1. The molecule has 0 spiro atoms. The molecule has 0 atom stereocenters. The van der Waals surface area contributed by atoms with Gasteiger partial charge >= 0.3 is 5.97 Å². The van der Waals surface area contributed by atoms with Gasteiger partial charge in [-0.2, -0.15) is 0 Å². The third-order valence-electron chi connectivity index (χ3n) is 2.97. The molecular weight excluding hydrogens is 278 g/mol. The fraction of sp³-hybridized carbons (Fsp3) is 0.231. The number of hydrogen-bond donors (Lipinski definition) is 2. The molecule has 1 aromatic rings. The Morgan fingerprint density at radius 3 is 2.86 bits per heavy atom. The number of nitro benzene ring substituents is 1. The molecule has 0 unspecified atom stereocenters. The lowest BCUT2D eigenvalue weighted by molar-refractivity contribution is -0.384. The number of benzene rings is 1. The number of carboxylic acids is 1. The minimum absolute atomic E-state index is 0.0600. The average Bonchev–Trinajstić information content (AvgIpc) is 2.75. The van der Waals surface area contributed by atoms with Crippen LogP contribution in [0.15, 0.2) is 12.1 Å². The number of carboxylic acid groups (broad SMARTS) is 1. The number of rotatable bonds is 5. The van der Waals surface area contributed by atoms with Crippen LogP contribution in [0.25, 0.3) is 0 Å². The van der Waals surface area contributed by atoms with Crippen molar-refractivity contribution in [2.45, 2.75) is 6.42 Å². The van der Waals surface area contributed by atoms with Crippen LogP contribution < -0.4 is 10.2 Å². The minimum atomic E-state index is -1.16. The van der Waals surface area contributed by atoms with Crippen molar-refractivity contribution in [1.82, 2.24) is 0 Å². The van der Waals surface area contributed by atoms with Crippen molar-refractivity contribution in [3.8, 4) is 12.3 Å². The SMILES string of the molecule is C#CCN(CC(=O)O)c1cc2c(cc1[N+](=O)[O-])CC(=O)N2. The van der Waals surface area contributed by atoms with Crippen molar-refractivity contribution in [3.05, 3.63) is 27.8 Å². The van der Waals surface area contributed by atoms with Crippen LogP contribution in [-0.2, 0) is 16.0 Å². The average molecular weight is 289 g/mol. The van der Waals surface area contributed by atoms with Crippen LogP contribution in [0.2, 0.25) is 0 Å². The van der Waals surface area contributed by atoms with E-state index in [0.29, 0.717) is 11.3 Å². The van der Waals surface area contributed by atoms with Crippen molar-refractivity contribution in [1.29, 1.82) is 0 Å². The predicted octanol–water partition coefficient (Wildman–Crippen LogP) is 0.614. The second-order valence-corrected chi connectivity index (χ2v) is 4.43. The van der Waals surface area contributed by atoms with Gasteiger partial charge in [0.05, 0.1) is 17.9 Å². The van der Waals surface area contributed by atoms with E-state index < -0.39 is 17.4 Å². The number of aliphatic carboxylic acids is 1. The van der Waals surface area contributed by atoms with Crippen molar-refractivity contribution < 1.29 is 19.6 Å². The molecule has 8 heteroatoms. The van der Waals surface area contributed by atoms with Gasteiger partial charge in [0.2, 0.25) is 5.91 Å². The smallest absolute Gasteiger partial charge is 0.323 e. The van der Waals surface area contributed by atoms with Gasteiger partial charge in [0.25, 0.3) is 5.69 Å². The first-order valence-electron chi connectivity index (χ1n) is 5.93. The number of carbonyl (C=O) groups is 2. The fourth-order valence-electron chi connectivity index (χ4n) is 2.15. The number of fused-ring (bicyclic) bond motifs is 1. The third kappa shape index (κ3) is 2.92. The second kappa shape index (κ2) is 5.50. The molecule has 1 aromatic carbocycles. The van der Waals surface area contributed by atoms with Crippen LogP contribution in [0.3, 0.4) is 0 Å². The topological polar surface area (TPSA) is 113 Å². The summed E-state index contributed by atoms with van der Waals surface area (Å²) in [5.74, 6) is 0.838. The number of nitro groups is 1. The molecule has 1 aliphatic heterocycles. The first-order chi connectivity index (χ1) is 9.92. The first kappa shape index (κ1) is 14.3. The molecule has 2 rings (SSSR count). The molecule has 108 valence electrons. The fourth-order valence-corrected chi connectivity index (χ4v) is 2.15.